The lowest BCUT2D eigenvalue weighted by Crippen LogP contribution is -2.35. The third-order valence-corrected chi connectivity index (χ3v) is 3.90. The summed E-state index contributed by atoms with van der Waals surface area (Å²) in [5.74, 6) is 1.46. The van der Waals surface area contributed by atoms with E-state index in [1.54, 1.807) is 0 Å². The van der Waals surface area contributed by atoms with Crippen molar-refractivity contribution in [2.75, 3.05) is 18.0 Å². The van der Waals surface area contributed by atoms with E-state index in [0.29, 0.717) is 5.92 Å². The van der Waals surface area contributed by atoms with Crippen molar-refractivity contribution in [2.45, 2.75) is 46.5 Å². The van der Waals surface area contributed by atoms with Crippen LogP contribution in [0.5, 0.6) is 0 Å². The number of hydrogen-bond donors (Lipinski definition) is 0. The highest BCUT2D eigenvalue weighted by molar-refractivity contribution is 5.58. The van der Waals surface area contributed by atoms with Crippen molar-refractivity contribution >= 4 is 5.82 Å². The van der Waals surface area contributed by atoms with E-state index in [0.717, 1.165) is 48.6 Å². The van der Waals surface area contributed by atoms with E-state index in [-0.39, 0.29) is 0 Å². The van der Waals surface area contributed by atoms with Gasteiger partial charge in [0.15, 0.2) is 5.82 Å². The first-order valence-electron chi connectivity index (χ1n) is 7.24. The lowest BCUT2D eigenvalue weighted by molar-refractivity contribution is 0.443. The first-order valence-corrected chi connectivity index (χ1v) is 7.24. The van der Waals surface area contributed by atoms with Crippen LogP contribution in [0.4, 0.5) is 5.82 Å². The van der Waals surface area contributed by atoms with E-state index >= 15 is 0 Å². The largest absolute Gasteiger partial charge is 0.354 e. The topological polar surface area (TPSA) is 52.8 Å². The molecule has 2 rings (SSSR count). The predicted octanol–water partition coefficient (Wildman–Crippen LogP) is 2.71. The second-order valence-electron chi connectivity index (χ2n) is 5.34. The Labute approximate surface area is 115 Å². The van der Waals surface area contributed by atoms with Gasteiger partial charge in [0.05, 0.1) is 5.69 Å². The minimum atomic E-state index is 0.665. The lowest BCUT2D eigenvalue weighted by Gasteiger charge is -2.32. The number of rotatable bonds is 3. The van der Waals surface area contributed by atoms with Crippen LogP contribution in [0.25, 0.3) is 0 Å². The third-order valence-electron chi connectivity index (χ3n) is 3.90. The monoisotopic (exact) mass is 258 g/mol. The molecule has 102 valence electrons. The first kappa shape index (κ1) is 13.8. The average molecular weight is 258 g/mol. The molecule has 0 spiro atoms. The van der Waals surface area contributed by atoms with Gasteiger partial charge in [0.2, 0.25) is 0 Å². The van der Waals surface area contributed by atoms with Crippen LogP contribution >= 0.6 is 0 Å². The third kappa shape index (κ3) is 2.70. The van der Waals surface area contributed by atoms with Gasteiger partial charge in [-0.25, -0.2) is 0 Å². The maximum Gasteiger partial charge on any atom is 0.169 e. The van der Waals surface area contributed by atoms with Gasteiger partial charge in [-0.2, -0.15) is 10.4 Å². The van der Waals surface area contributed by atoms with Gasteiger partial charge in [-0.15, -0.1) is 5.10 Å². The van der Waals surface area contributed by atoms with Gasteiger partial charge in [0.1, 0.15) is 11.6 Å². The van der Waals surface area contributed by atoms with Crippen molar-refractivity contribution in [1.82, 2.24) is 10.2 Å². The van der Waals surface area contributed by atoms with Gasteiger partial charge < -0.3 is 4.90 Å². The van der Waals surface area contributed by atoms with Gasteiger partial charge in [0.25, 0.3) is 0 Å². The minimum Gasteiger partial charge on any atom is -0.354 e. The molecule has 0 bridgehead atoms. The SMILES string of the molecule is CCc1nnc(N2CCCC(C)C2)c(C#N)c1CC. The molecule has 0 aliphatic carbocycles. The molecule has 1 fully saturated rings. The van der Waals surface area contributed by atoms with Crippen molar-refractivity contribution in [3.8, 4) is 6.07 Å². The van der Waals surface area contributed by atoms with Crippen molar-refractivity contribution in [3.63, 3.8) is 0 Å². The molecule has 19 heavy (non-hydrogen) atoms. The zero-order valence-electron chi connectivity index (χ0n) is 12.1. The van der Waals surface area contributed by atoms with E-state index in [1.807, 2.05) is 0 Å². The van der Waals surface area contributed by atoms with Crippen LogP contribution in [-0.4, -0.2) is 23.3 Å². The predicted molar refractivity (Wildman–Crippen MR) is 76.1 cm³/mol. The number of nitriles is 1. The second kappa shape index (κ2) is 6.01. The number of hydrogen-bond acceptors (Lipinski definition) is 4. The maximum atomic E-state index is 9.50. The van der Waals surface area contributed by atoms with Crippen LogP contribution in [0.3, 0.4) is 0 Å². The molecule has 0 amide bonds. The molecule has 1 aliphatic rings. The van der Waals surface area contributed by atoms with Crippen LogP contribution in [0, 0.1) is 17.2 Å². The van der Waals surface area contributed by atoms with Crippen LogP contribution in [0.1, 0.15) is 50.4 Å². The van der Waals surface area contributed by atoms with Crippen LogP contribution in [0.2, 0.25) is 0 Å². The quantitative estimate of drug-likeness (QED) is 0.836. The molecule has 1 saturated heterocycles. The summed E-state index contributed by atoms with van der Waals surface area (Å²) in [5, 5.41) is 18.2. The van der Waals surface area contributed by atoms with Crippen LogP contribution in [0.15, 0.2) is 0 Å². The fraction of sp³-hybridized carbons (Fsp3) is 0.667. The summed E-state index contributed by atoms with van der Waals surface area (Å²) in [6.07, 6.45) is 4.11. The molecule has 4 heteroatoms. The molecular formula is C15H22N4. The molecule has 0 saturated carbocycles. The van der Waals surface area contributed by atoms with E-state index < -0.39 is 0 Å². The zero-order chi connectivity index (χ0) is 13.8. The molecule has 0 radical (unpaired) electrons. The Morgan fingerprint density at radius 3 is 2.68 bits per heavy atom. The average Bonchev–Trinajstić information content (AvgIpc) is 2.45. The fourth-order valence-corrected chi connectivity index (χ4v) is 2.88. The van der Waals surface area contributed by atoms with Crippen LogP contribution < -0.4 is 4.90 Å². The fourth-order valence-electron chi connectivity index (χ4n) is 2.88. The molecule has 1 aromatic heterocycles. The summed E-state index contributed by atoms with van der Waals surface area (Å²) < 4.78 is 0. The van der Waals surface area contributed by atoms with Crippen molar-refractivity contribution < 1.29 is 0 Å². The van der Waals surface area contributed by atoms with Gasteiger partial charge in [-0.1, -0.05) is 20.8 Å². The number of anilines is 1. The summed E-state index contributed by atoms with van der Waals surface area (Å²) in [5.41, 5.74) is 2.78. The molecule has 0 N–H and O–H groups in total. The van der Waals surface area contributed by atoms with Crippen molar-refractivity contribution in [3.05, 3.63) is 16.8 Å². The number of piperidine rings is 1. The smallest absolute Gasteiger partial charge is 0.169 e. The van der Waals surface area contributed by atoms with Crippen molar-refractivity contribution in [2.24, 2.45) is 5.92 Å². The van der Waals surface area contributed by atoms with E-state index in [1.165, 1.54) is 12.8 Å². The van der Waals surface area contributed by atoms with E-state index in [2.05, 4.69) is 41.9 Å². The maximum absolute atomic E-state index is 9.50. The van der Waals surface area contributed by atoms with Crippen molar-refractivity contribution in [1.29, 1.82) is 5.26 Å². The molecule has 0 aromatic carbocycles. The molecule has 2 heterocycles. The lowest BCUT2D eigenvalue weighted by atomic mass is 9.98. The zero-order valence-corrected chi connectivity index (χ0v) is 12.1. The summed E-state index contributed by atoms with van der Waals surface area (Å²) in [6, 6.07) is 2.36. The molecular weight excluding hydrogens is 236 g/mol. The Bertz CT molecular complexity index is 490. The molecule has 1 unspecified atom stereocenters. The summed E-state index contributed by atoms with van der Waals surface area (Å²) in [4.78, 5) is 2.23. The van der Waals surface area contributed by atoms with Gasteiger partial charge in [0, 0.05) is 13.1 Å². The Morgan fingerprint density at radius 2 is 2.11 bits per heavy atom. The van der Waals surface area contributed by atoms with E-state index in [4.69, 9.17) is 0 Å². The van der Waals surface area contributed by atoms with Crippen LogP contribution in [-0.2, 0) is 12.8 Å². The highest BCUT2D eigenvalue weighted by Crippen LogP contribution is 2.27. The molecule has 1 aromatic rings. The standard InChI is InChI=1S/C15H22N4/c1-4-12-13(9-16)15(18-17-14(12)5-2)19-8-6-7-11(3)10-19/h11H,4-8,10H2,1-3H3. The van der Waals surface area contributed by atoms with Gasteiger partial charge in [-0.3, -0.25) is 0 Å². The molecule has 4 nitrogen and oxygen atoms in total. The highest BCUT2D eigenvalue weighted by atomic mass is 15.3. The highest BCUT2D eigenvalue weighted by Gasteiger charge is 2.23. The minimum absolute atomic E-state index is 0.665. The van der Waals surface area contributed by atoms with Gasteiger partial charge >= 0.3 is 0 Å². The Kier molecular flexibility index (Phi) is 4.36. The Balaban J connectivity index is 2.43. The summed E-state index contributed by atoms with van der Waals surface area (Å²) in [6.45, 7) is 8.37. The summed E-state index contributed by atoms with van der Waals surface area (Å²) >= 11 is 0. The van der Waals surface area contributed by atoms with E-state index in [9.17, 15) is 5.26 Å². The summed E-state index contributed by atoms with van der Waals surface area (Å²) in [7, 11) is 0. The Hall–Kier alpha value is -1.63. The molecule has 1 atom stereocenters. The number of aryl methyl sites for hydroxylation is 1. The number of aromatic nitrogens is 2. The van der Waals surface area contributed by atoms with Gasteiger partial charge in [-0.05, 0) is 37.2 Å². The number of nitrogens with zero attached hydrogens (tertiary/aromatic N) is 4. The first-order chi connectivity index (χ1) is 9.21. The molecule has 1 aliphatic heterocycles. The second-order valence-corrected chi connectivity index (χ2v) is 5.34. The Morgan fingerprint density at radius 1 is 1.32 bits per heavy atom. The normalized spacial score (nSPS) is 19.3.